The van der Waals surface area contributed by atoms with Gasteiger partial charge < -0.3 is 4.90 Å². The first-order chi connectivity index (χ1) is 13.1. The third-order valence-corrected chi connectivity index (χ3v) is 5.07. The van der Waals surface area contributed by atoms with E-state index in [0.717, 1.165) is 29.5 Å². The molecule has 2 heterocycles. The summed E-state index contributed by atoms with van der Waals surface area (Å²) < 4.78 is 0. The molecule has 138 valence electrons. The molecular formula is C21H21N3O3. The Balaban J connectivity index is 1.48. The molecule has 1 aromatic heterocycles. The lowest BCUT2D eigenvalue weighted by Gasteiger charge is -2.24. The van der Waals surface area contributed by atoms with E-state index in [1.165, 1.54) is 0 Å². The number of carbonyl (C=O) groups excluding carboxylic acids is 3. The number of carbonyl (C=O) groups is 3. The summed E-state index contributed by atoms with van der Waals surface area (Å²) in [5, 5.41) is 2.28. The van der Waals surface area contributed by atoms with Gasteiger partial charge in [-0.3, -0.25) is 24.7 Å². The monoisotopic (exact) mass is 363 g/mol. The second-order valence-electron chi connectivity index (χ2n) is 7.21. The van der Waals surface area contributed by atoms with Crippen molar-refractivity contribution in [2.45, 2.75) is 38.3 Å². The van der Waals surface area contributed by atoms with Gasteiger partial charge in [-0.25, -0.2) is 0 Å². The van der Waals surface area contributed by atoms with Gasteiger partial charge in [0.25, 0.3) is 0 Å². The van der Waals surface area contributed by atoms with Crippen LogP contribution >= 0.6 is 0 Å². The van der Waals surface area contributed by atoms with Gasteiger partial charge >= 0.3 is 0 Å². The molecule has 2 aliphatic rings. The highest BCUT2D eigenvalue weighted by atomic mass is 16.2. The van der Waals surface area contributed by atoms with Crippen LogP contribution in [0.5, 0.6) is 0 Å². The molecule has 6 heteroatoms. The summed E-state index contributed by atoms with van der Waals surface area (Å²) in [5.74, 6) is -1.21. The Bertz CT molecular complexity index is 877. The molecule has 1 unspecified atom stereocenters. The molecule has 0 spiro atoms. The lowest BCUT2D eigenvalue weighted by molar-refractivity contribution is -0.136. The first kappa shape index (κ1) is 17.4. The number of benzene rings is 1. The van der Waals surface area contributed by atoms with E-state index in [4.69, 9.17) is 0 Å². The SMILES string of the molecule is O=C1CC(CC(=O)N(Cc2cccc(-c3cccnc3)c2)C2CC2)C(=O)N1. The summed E-state index contributed by atoms with van der Waals surface area (Å²) in [4.78, 5) is 42.0. The molecule has 6 nitrogen and oxygen atoms in total. The van der Waals surface area contributed by atoms with Gasteiger partial charge in [-0.15, -0.1) is 0 Å². The quantitative estimate of drug-likeness (QED) is 0.799. The molecule has 1 N–H and O–H groups in total. The molecular weight excluding hydrogens is 342 g/mol. The molecule has 0 radical (unpaired) electrons. The number of amides is 3. The highest BCUT2D eigenvalue weighted by Gasteiger charge is 2.37. The average Bonchev–Trinajstić information content (AvgIpc) is 3.46. The fraction of sp³-hybridized carbons (Fsp3) is 0.333. The van der Waals surface area contributed by atoms with Crippen molar-refractivity contribution in [3.63, 3.8) is 0 Å². The molecule has 4 rings (SSSR count). The second kappa shape index (κ2) is 7.31. The topological polar surface area (TPSA) is 79.4 Å². The van der Waals surface area contributed by atoms with Crippen LogP contribution in [0.2, 0.25) is 0 Å². The van der Waals surface area contributed by atoms with Gasteiger partial charge in [-0.2, -0.15) is 0 Å². The number of nitrogens with zero attached hydrogens (tertiary/aromatic N) is 2. The van der Waals surface area contributed by atoms with Gasteiger partial charge in [0.05, 0.1) is 5.92 Å². The van der Waals surface area contributed by atoms with Crippen LogP contribution in [-0.2, 0) is 20.9 Å². The fourth-order valence-electron chi connectivity index (χ4n) is 3.49. The van der Waals surface area contributed by atoms with Crippen molar-refractivity contribution in [3.05, 3.63) is 54.4 Å². The highest BCUT2D eigenvalue weighted by Crippen LogP contribution is 2.31. The van der Waals surface area contributed by atoms with Crippen molar-refractivity contribution in [1.29, 1.82) is 0 Å². The van der Waals surface area contributed by atoms with Crippen LogP contribution in [0.25, 0.3) is 11.1 Å². The van der Waals surface area contributed by atoms with Crippen molar-refractivity contribution < 1.29 is 14.4 Å². The third-order valence-electron chi connectivity index (χ3n) is 5.07. The van der Waals surface area contributed by atoms with Gasteiger partial charge in [-0.05, 0) is 41.7 Å². The Labute approximate surface area is 157 Å². The van der Waals surface area contributed by atoms with E-state index < -0.39 is 5.92 Å². The molecule has 3 amide bonds. The smallest absolute Gasteiger partial charge is 0.230 e. The molecule has 2 aromatic rings. The molecule has 1 atom stereocenters. The van der Waals surface area contributed by atoms with E-state index in [-0.39, 0.29) is 36.6 Å². The number of pyridine rings is 1. The van der Waals surface area contributed by atoms with Crippen LogP contribution < -0.4 is 5.32 Å². The standard InChI is InChI=1S/C21H21N3O3/c25-19-10-17(21(27)23-19)11-20(26)24(18-6-7-18)13-14-3-1-4-15(9-14)16-5-2-8-22-12-16/h1-5,8-9,12,17-18H,6-7,10-11,13H2,(H,23,25,27). The maximum atomic E-state index is 12.8. The van der Waals surface area contributed by atoms with E-state index in [1.807, 2.05) is 41.4 Å². The van der Waals surface area contributed by atoms with Crippen molar-refractivity contribution in [2.75, 3.05) is 0 Å². The van der Waals surface area contributed by atoms with Crippen molar-refractivity contribution in [2.24, 2.45) is 5.92 Å². The molecule has 1 aliphatic heterocycles. The largest absolute Gasteiger partial charge is 0.335 e. The predicted molar refractivity (Wildman–Crippen MR) is 99.1 cm³/mol. The number of hydrogen-bond donors (Lipinski definition) is 1. The number of hydrogen-bond acceptors (Lipinski definition) is 4. The zero-order valence-corrected chi connectivity index (χ0v) is 14.9. The van der Waals surface area contributed by atoms with E-state index in [2.05, 4.69) is 16.4 Å². The molecule has 1 aliphatic carbocycles. The van der Waals surface area contributed by atoms with Crippen molar-refractivity contribution in [1.82, 2.24) is 15.2 Å². The van der Waals surface area contributed by atoms with Crippen LogP contribution in [0.4, 0.5) is 0 Å². The van der Waals surface area contributed by atoms with Crippen LogP contribution in [0, 0.1) is 5.92 Å². The first-order valence-corrected chi connectivity index (χ1v) is 9.22. The summed E-state index contributed by atoms with van der Waals surface area (Å²) in [6, 6.07) is 12.2. The summed E-state index contributed by atoms with van der Waals surface area (Å²) in [7, 11) is 0. The van der Waals surface area contributed by atoms with Crippen LogP contribution in [-0.4, -0.2) is 33.6 Å². The summed E-state index contributed by atoms with van der Waals surface area (Å²) >= 11 is 0. The molecule has 27 heavy (non-hydrogen) atoms. The highest BCUT2D eigenvalue weighted by molar-refractivity contribution is 6.04. The lowest BCUT2D eigenvalue weighted by Crippen LogP contribution is -2.35. The maximum absolute atomic E-state index is 12.8. The normalized spacial score (nSPS) is 19.0. The number of rotatable bonds is 6. The van der Waals surface area contributed by atoms with Crippen LogP contribution in [0.1, 0.15) is 31.2 Å². The zero-order valence-electron chi connectivity index (χ0n) is 14.9. The Hall–Kier alpha value is -3.02. The minimum absolute atomic E-state index is 0.0564. The maximum Gasteiger partial charge on any atom is 0.230 e. The number of nitrogens with one attached hydrogen (secondary N) is 1. The number of imide groups is 1. The van der Waals surface area contributed by atoms with E-state index >= 15 is 0 Å². The van der Waals surface area contributed by atoms with Crippen LogP contribution in [0.15, 0.2) is 48.8 Å². The molecule has 1 saturated carbocycles. The zero-order chi connectivity index (χ0) is 18.8. The minimum atomic E-state index is -0.534. The van der Waals surface area contributed by atoms with Crippen molar-refractivity contribution in [3.8, 4) is 11.1 Å². The van der Waals surface area contributed by atoms with Gasteiger partial charge in [-0.1, -0.05) is 24.3 Å². The Morgan fingerprint density at radius 2 is 1.96 bits per heavy atom. The molecule has 1 saturated heterocycles. The third kappa shape index (κ3) is 4.05. The summed E-state index contributed by atoms with van der Waals surface area (Å²) in [6.45, 7) is 0.514. The van der Waals surface area contributed by atoms with E-state index in [0.29, 0.717) is 6.54 Å². The average molecular weight is 363 g/mol. The summed E-state index contributed by atoms with van der Waals surface area (Å²) in [5.41, 5.74) is 3.14. The molecule has 2 fully saturated rings. The van der Waals surface area contributed by atoms with Crippen LogP contribution in [0.3, 0.4) is 0 Å². The van der Waals surface area contributed by atoms with Crippen molar-refractivity contribution >= 4 is 17.7 Å². The lowest BCUT2D eigenvalue weighted by atomic mass is 10.0. The summed E-state index contributed by atoms with van der Waals surface area (Å²) in [6.07, 6.45) is 5.74. The fourth-order valence-corrected chi connectivity index (χ4v) is 3.49. The molecule has 1 aromatic carbocycles. The van der Waals surface area contributed by atoms with Gasteiger partial charge in [0, 0.05) is 37.8 Å². The van der Waals surface area contributed by atoms with E-state index in [9.17, 15) is 14.4 Å². The van der Waals surface area contributed by atoms with E-state index in [1.54, 1.807) is 6.20 Å². The second-order valence-corrected chi connectivity index (χ2v) is 7.21. The Morgan fingerprint density at radius 3 is 2.63 bits per heavy atom. The Morgan fingerprint density at radius 1 is 1.15 bits per heavy atom. The van der Waals surface area contributed by atoms with Gasteiger partial charge in [0.15, 0.2) is 0 Å². The molecule has 0 bridgehead atoms. The minimum Gasteiger partial charge on any atom is -0.335 e. The Kier molecular flexibility index (Phi) is 4.71. The van der Waals surface area contributed by atoms with Gasteiger partial charge in [0.1, 0.15) is 0 Å². The number of aromatic nitrogens is 1. The predicted octanol–water partition coefficient (Wildman–Crippen LogP) is 2.29. The van der Waals surface area contributed by atoms with Gasteiger partial charge in [0.2, 0.25) is 17.7 Å². The first-order valence-electron chi connectivity index (χ1n) is 9.22.